The maximum absolute atomic E-state index is 14.2. The highest BCUT2D eigenvalue weighted by atomic mass is 16.2. The molecule has 2 aliphatic rings. The first kappa shape index (κ1) is 24.2. The van der Waals surface area contributed by atoms with Crippen molar-refractivity contribution >= 4 is 17.6 Å². The Hall–Kier alpha value is -2.96. The summed E-state index contributed by atoms with van der Waals surface area (Å²) in [4.78, 5) is 39.7. The zero-order valence-electron chi connectivity index (χ0n) is 20.9. The highest BCUT2D eigenvalue weighted by molar-refractivity contribution is 5.84. The predicted octanol–water partition coefficient (Wildman–Crippen LogP) is 3.58. The largest absolute Gasteiger partial charge is 0.373 e. The summed E-state index contributed by atoms with van der Waals surface area (Å²) in [6, 6.07) is 12.2. The second-order valence-corrected chi connectivity index (χ2v) is 10.3. The molecular formula is C27H37N5O2. The molecule has 1 aromatic heterocycles. The summed E-state index contributed by atoms with van der Waals surface area (Å²) >= 11 is 0. The molecule has 2 aliphatic heterocycles. The van der Waals surface area contributed by atoms with E-state index in [1.165, 1.54) is 5.56 Å². The van der Waals surface area contributed by atoms with Gasteiger partial charge in [-0.15, -0.1) is 0 Å². The van der Waals surface area contributed by atoms with Crippen LogP contribution in [0.5, 0.6) is 0 Å². The van der Waals surface area contributed by atoms with Crippen molar-refractivity contribution in [2.75, 3.05) is 38.5 Å². The van der Waals surface area contributed by atoms with E-state index in [2.05, 4.69) is 29.3 Å². The highest BCUT2D eigenvalue weighted by Gasteiger charge is 2.47. The van der Waals surface area contributed by atoms with Crippen LogP contribution in [0.3, 0.4) is 0 Å². The summed E-state index contributed by atoms with van der Waals surface area (Å²) in [6.07, 6.45) is 3.97. The molecule has 0 aliphatic carbocycles. The minimum absolute atomic E-state index is 0.0863. The minimum Gasteiger partial charge on any atom is -0.373 e. The van der Waals surface area contributed by atoms with Gasteiger partial charge in [-0.3, -0.25) is 9.59 Å². The number of aryl methyl sites for hydroxylation is 1. The maximum Gasteiger partial charge on any atom is 0.229 e. The van der Waals surface area contributed by atoms with Crippen LogP contribution in [0.1, 0.15) is 56.6 Å². The van der Waals surface area contributed by atoms with E-state index in [0.29, 0.717) is 38.9 Å². The number of aromatic nitrogens is 2. The molecular weight excluding hydrogens is 426 g/mol. The summed E-state index contributed by atoms with van der Waals surface area (Å²) < 4.78 is 0. The van der Waals surface area contributed by atoms with Gasteiger partial charge in [0, 0.05) is 57.3 Å². The number of amides is 2. The van der Waals surface area contributed by atoms with Gasteiger partial charge in [-0.1, -0.05) is 37.3 Å². The Morgan fingerprint density at radius 2 is 1.74 bits per heavy atom. The van der Waals surface area contributed by atoms with Crippen molar-refractivity contribution in [2.24, 2.45) is 5.41 Å². The molecule has 0 radical (unpaired) electrons. The second-order valence-electron chi connectivity index (χ2n) is 10.3. The molecule has 7 nitrogen and oxygen atoms in total. The fourth-order valence-electron chi connectivity index (χ4n) is 5.60. The van der Waals surface area contributed by atoms with Gasteiger partial charge >= 0.3 is 0 Å². The standard InChI is InChI=1S/C27H37N5O2/c1-20-17-23(28-4)30-24(29-20)26(3)11-8-14-32(19-26)25(34)27(18-22-9-6-5-7-10-22)12-15-31(16-13-27)21(2)33/h5-7,9-10,17H,8,11-16,18-19H2,1-4H3,(H,28,29,30). The van der Waals surface area contributed by atoms with E-state index in [0.717, 1.165) is 36.7 Å². The Morgan fingerprint density at radius 3 is 2.38 bits per heavy atom. The first-order valence-corrected chi connectivity index (χ1v) is 12.4. The molecule has 2 amide bonds. The average molecular weight is 464 g/mol. The van der Waals surface area contributed by atoms with E-state index >= 15 is 0 Å². The van der Waals surface area contributed by atoms with E-state index in [1.54, 1.807) is 6.92 Å². The van der Waals surface area contributed by atoms with Crippen LogP contribution in [0, 0.1) is 12.3 Å². The second kappa shape index (κ2) is 9.72. The number of anilines is 1. The number of nitrogens with one attached hydrogen (secondary N) is 1. The fraction of sp³-hybridized carbons (Fsp3) is 0.556. The molecule has 4 rings (SSSR count). The molecule has 2 fully saturated rings. The van der Waals surface area contributed by atoms with Crippen molar-refractivity contribution < 1.29 is 9.59 Å². The van der Waals surface area contributed by atoms with Gasteiger partial charge in [-0.25, -0.2) is 9.97 Å². The third-order valence-corrected chi connectivity index (χ3v) is 7.64. The minimum atomic E-state index is -0.491. The van der Waals surface area contributed by atoms with E-state index in [1.807, 2.05) is 43.1 Å². The van der Waals surface area contributed by atoms with Crippen LogP contribution in [0.2, 0.25) is 0 Å². The van der Waals surface area contributed by atoms with Crippen molar-refractivity contribution in [2.45, 2.75) is 58.3 Å². The number of hydrogen-bond acceptors (Lipinski definition) is 5. The Bertz CT molecular complexity index is 1030. The zero-order valence-corrected chi connectivity index (χ0v) is 20.9. The fourth-order valence-corrected chi connectivity index (χ4v) is 5.60. The summed E-state index contributed by atoms with van der Waals surface area (Å²) in [6.45, 7) is 8.42. The molecule has 2 saturated heterocycles. The molecule has 1 aromatic carbocycles. The Balaban J connectivity index is 1.61. The van der Waals surface area contributed by atoms with Gasteiger partial charge in [-0.2, -0.15) is 0 Å². The Morgan fingerprint density at radius 1 is 1.03 bits per heavy atom. The number of likely N-dealkylation sites (tertiary alicyclic amines) is 2. The lowest BCUT2D eigenvalue weighted by molar-refractivity contribution is -0.150. The van der Waals surface area contributed by atoms with Crippen LogP contribution in [0.15, 0.2) is 36.4 Å². The van der Waals surface area contributed by atoms with Gasteiger partial charge in [0.15, 0.2) is 0 Å². The lowest BCUT2D eigenvalue weighted by Gasteiger charge is -2.47. The van der Waals surface area contributed by atoms with Crippen molar-refractivity contribution in [3.05, 3.63) is 53.5 Å². The van der Waals surface area contributed by atoms with Gasteiger partial charge in [0.05, 0.1) is 5.41 Å². The van der Waals surface area contributed by atoms with Crippen molar-refractivity contribution in [1.82, 2.24) is 19.8 Å². The molecule has 182 valence electrons. The summed E-state index contributed by atoms with van der Waals surface area (Å²) in [7, 11) is 1.87. The SMILES string of the molecule is CNc1cc(C)nc(C2(C)CCCN(C(=O)C3(Cc4ccccc4)CCN(C(C)=O)CC3)C2)n1. The molecule has 1 unspecified atom stereocenters. The van der Waals surface area contributed by atoms with E-state index in [-0.39, 0.29) is 17.2 Å². The van der Waals surface area contributed by atoms with Crippen molar-refractivity contribution in [3.8, 4) is 0 Å². The van der Waals surface area contributed by atoms with Gasteiger partial charge in [-0.05, 0) is 44.6 Å². The molecule has 0 bridgehead atoms. The predicted molar refractivity (Wildman–Crippen MR) is 134 cm³/mol. The summed E-state index contributed by atoms with van der Waals surface area (Å²) in [5.41, 5.74) is 1.32. The number of hydrogen-bond donors (Lipinski definition) is 1. The lowest BCUT2D eigenvalue weighted by atomic mass is 9.71. The average Bonchev–Trinajstić information content (AvgIpc) is 2.84. The monoisotopic (exact) mass is 463 g/mol. The van der Waals surface area contributed by atoms with Gasteiger partial charge in [0.2, 0.25) is 11.8 Å². The summed E-state index contributed by atoms with van der Waals surface area (Å²) in [5.74, 6) is 1.91. The molecule has 3 heterocycles. The number of rotatable bonds is 5. The summed E-state index contributed by atoms with van der Waals surface area (Å²) in [5, 5.41) is 3.13. The van der Waals surface area contributed by atoms with E-state index in [9.17, 15) is 9.59 Å². The Labute approximate surface area is 203 Å². The van der Waals surface area contributed by atoms with Crippen LogP contribution in [0.4, 0.5) is 5.82 Å². The van der Waals surface area contributed by atoms with Gasteiger partial charge in [0.25, 0.3) is 0 Å². The first-order valence-electron chi connectivity index (χ1n) is 12.4. The van der Waals surface area contributed by atoms with Crippen molar-refractivity contribution in [3.63, 3.8) is 0 Å². The third-order valence-electron chi connectivity index (χ3n) is 7.64. The smallest absolute Gasteiger partial charge is 0.229 e. The zero-order chi connectivity index (χ0) is 24.3. The highest BCUT2D eigenvalue weighted by Crippen LogP contribution is 2.40. The molecule has 0 saturated carbocycles. The number of nitrogens with zero attached hydrogens (tertiary/aromatic N) is 4. The van der Waals surface area contributed by atoms with Gasteiger partial charge in [0.1, 0.15) is 11.6 Å². The van der Waals surface area contributed by atoms with E-state index < -0.39 is 5.41 Å². The topological polar surface area (TPSA) is 78.4 Å². The normalized spacial score (nSPS) is 22.4. The Kier molecular flexibility index (Phi) is 6.91. The third kappa shape index (κ3) is 4.93. The van der Waals surface area contributed by atoms with Gasteiger partial charge < -0.3 is 15.1 Å². The molecule has 2 aromatic rings. The number of carbonyl (C=O) groups excluding carboxylic acids is 2. The number of carbonyl (C=O) groups is 2. The molecule has 7 heteroatoms. The van der Waals surface area contributed by atoms with Crippen LogP contribution < -0.4 is 5.32 Å². The first-order chi connectivity index (χ1) is 16.2. The van der Waals surface area contributed by atoms with E-state index in [4.69, 9.17) is 9.97 Å². The molecule has 1 N–H and O–H groups in total. The van der Waals surface area contributed by atoms with Crippen LogP contribution in [-0.4, -0.2) is 64.8 Å². The number of piperidine rings is 2. The van der Waals surface area contributed by atoms with Crippen molar-refractivity contribution in [1.29, 1.82) is 0 Å². The molecule has 0 spiro atoms. The van der Waals surface area contributed by atoms with Crippen LogP contribution in [0.25, 0.3) is 0 Å². The molecule has 34 heavy (non-hydrogen) atoms. The maximum atomic E-state index is 14.2. The quantitative estimate of drug-likeness (QED) is 0.733. The van der Waals surface area contributed by atoms with Crippen LogP contribution >= 0.6 is 0 Å². The number of benzene rings is 1. The molecule has 1 atom stereocenters. The lowest BCUT2D eigenvalue weighted by Crippen LogP contribution is -2.56. The van der Waals surface area contributed by atoms with Crippen LogP contribution in [-0.2, 0) is 21.4 Å².